The lowest BCUT2D eigenvalue weighted by Crippen LogP contribution is -2.42. The molecule has 1 aliphatic heterocycles. The van der Waals surface area contributed by atoms with Gasteiger partial charge in [-0.2, -0.15) is 0 Å². The Kier molecular flexibility index (Phi) is 5.46. The number of fused-ring (bicyclic) bond motifs is 5. The summed E-state index contributed by atoms with van der Waals surface area (Å²) >= 11 is 3.68. The van der Waals surface area contributed by atoms with Crippen LogP contribution in [0.2, 0.25) is 0 Å². The number of hydrogen-bond acceptors (Lipinski definition) is 3. The van der Waals surface area contributed by atoms with Gasteiger partial charge in [0.1, 0.15) is 11.0 Å². The Hall–Kier alpha value is -2.05. The smallest absolute Gasteiger partial charge is 0.318 e. The van der Waals surface area contributed by atoms with Crippen LogP contribution in [0.3, 0.4) is 0 Å². The van der Waals surface area contributed by atoms with Crippen molar-refractivity contribution in [1.82, 2.24) is 14.8 Å². The zero-order valence-corrected chi connectivity index (χ0v) is 19.3. The summed E-state index contributed by atoms with van der Waals surface area (Å²) in [4.78, 5) is 18.3. The standard InChI is InChI=1S/C24H29N3OS2/c1-16(2)11-12-25-24(28)27-15-18-17-7-3-4-9-20(17)30-23(18)26-13-5-8-19(26)22(27)21-10-6-14-29-21/h5-6,8,10,13-14,16,22H,3-4,7,9,11-12,15H2,1-2H3,(H,25,28)/t22-/m1/s1. The number of nitrogens with zero attached hydrogens (tertiary/aromatic N) is 2. The number of rotatable bonds is 4. The highest BCUT2D eigenvalue weighted by Crippen LogP contribution is 2.44. The average molecular weight is 440 g/mol. The Morgan fingerprint density at radius 3 is 2.87 bits per heavy atom. The van der Waals surface area contributed by atoms with E-state index in [1.807, 2.05) is 11.3 Å². The van der Waals surface area contributed by atoms with Crippen LogP contribution in [-0.2, 0) is 19.4 Å². The molecular weight excluding hydrogens is 410 g/mol. The van der Waals surface area contributed by atoms with E-state index in [1.165, 1.54) is 50.8 Å². The summed E-state index contributed by atoms with van der Waals surface area (Å²) in [5.74, 6) is 0.579. The molecule has 0 saturated carbocycles. The van der Waals surface area contributed by atoms with Crippen LogP contribution in [-0.4, -0.2) is 22.0 Å². The summed E-state index contributed by atoms with van der Waals surface area (Å²) in [6, 6.07) is 8.55. The number of amides is 2. The molecular formula is C24H29N3OS2. The first-order valence-corrected chi connectivity index (χ1v) is 12.7. The van der Waals surface area contributed by atoms with E-state index < -0.39 is 0 Å². The first kappa shape index (κ1) is 19.9. The van der Waals surface area contributed by atoms with Crippen LogP contribution in [0.15, 0.2) is 35.8 Å². The summed E-state index contributed by atoms with van der Waals surface area (Å²) in [6.07, 6.45) is 8.03. The van der Waals surface area contributed by atoms with Crippen LogP contribution in [0.25, 0.3) is 5.00 Å². The summed E-state index contributed by atoms with van der Waals surface area (Å²) in [5, 5.41) is 6.65. The van der Waals surface area contributed by atoms with E-state index >= 15 is 0 Å². The molecule has 0 aromatic carbocycles. The molecule has 0 saturated heterocycles. The molecule has 2 aliphatic rings. The second kappa shape index (κ2) is 8.23. The fourth-order valence-corrected chi connectivity index (χ4v) is 6.95. The minimum absolute atomic E-state index is 0.0467. The van der Waals surface area contributed by atoms with Crippen molar-refractivity contribution in [1.29, 1.82) is 0 Å². The molecule has 1 atom stereocenters. The maximum atomic E-state index is 13.5. The molecule has 0 spiro atoms. The van der Waals surface area contributed by atoms with E-state index in [9.17, 15) is 4.79 Å². The third-order valence-electron chi connectivity index (χ3n) is 6.25. The van der Waals surface area contributed by atoms with Gasteiger partial charge in [0.15, 0.2) is 0 Å². The van der Waals surface area contributed by atoms with Gasteiger partial charge in [-0.15, -0.1) is 22.7 Å². The Morgan fingerprint density at radius 1 is 1.20 bits per heavy atom. The Balaban J connectivity index is 1.59. The van der Waals surface area contributed by atoms with Crippen molar-refractivity contribution in [2.75, 3.05) is 6.54 Å². The van der Waals surface area contributed by atoms with E-state index in [2.05, 4.69) is 64.5 Å². The second-order valence-electron chi connectivity index (χ2n) is 8.76. The lowest BCUT2D eigenvalue weighted by Gasteiger charge is -2.30. The van der Waals surface area contributed by atoms with Gasteiger partial charge in [0.25, 0.3) is 0 Å². The van der Waals surface area contributed by atoms with Gasteiger partial charge in [0.05, 0.1) is 12.2 Å². The molecule has 1 N–H and O–H groups in total. The van der Waals surface area contributed by atoms with Gasteiger partial charge >= 0.3 is 6.03 Å². The molecule has 6 heteroatoms. The van der Waals surface area contributed by atoms with Gasteiger partial charge in [0.2, 0.25) is 0 Å². The van der Waals surface area contributed by atoms with Crippen LogP contribution in [0.5, 0.6) is 0 Å². The molecule has 0 bridgehead atoms. The number of aromatic nitrogens is 1. The molecule has 158 valence electrons. The van der Waals surface area contributed by atoms with E-state index in [1.54, 1.807) is 11.3 Å². The van der Waals surface area contributed by atoms with Crippen LogP contribution in [0.4, 0.5) is 4.79 Å². The number of aryl methyl sites for hydroxylation is 1. The van der Waals surface area contributed by atoms with E-state index in [0.29, 0.717) is 12.5 Å². The predicted molar refractivity (Wildman–Crippen MR) is 125 cm³/mol. The molecule has 2 amide bonds. The largest absolute Gasteiger partial charge is 0.338 e. The zero-order valence-electron chi connectivity index (χ0n) is 17.7. The van der Waals surface area contributed by atoms with Gasteiger partial charge in [-0.05, 0) is 67.2 Å². The highest BCUT2D eigenvalue weighted by molar-refractivity contribution is 7.15. The van der Waals surface area contributed by atoms with Gasteiger partial charge in [0, 0.05) is 28.1 Å². The van der Waals surface area contributed by atoms with Gasteiger partial charge in [-0.25, -0.2) is 4.79 Å². The highest BCUT2D eigenvalue weighted by atomic mass is 32.1. The van der Waals surface area contributed by atoms with Crippen LogP contribution in [0, 0.1) is 5.92 Å². The predicted octanol–water partition coefficient (Wildman–Crippen LogP) is 6.14. The fraction of sp³-hybridized carbons (Fsp3) is 0.458. The quantitative estimate of drug-likeness (QED) is 0.521. The maximum absolute atomic E-state index is 13.5. The molecule has 30 heavy (non-hydrogen) atoms. The molecule has 5 rings (SSSR count). The minimum Gasteiger partial charge on any atom is -0.338 e. The summed E-state index contributed by atoms with van der Waals surface area (Å²) < 4.78 is 2.35. The minimum atomic E-state index is -0.0575. The Labute approximate surface area is 186 Å². The highest BCUT2D eigenvalue weighted by Gasteiger charge is 2.36. The van der Waals surface area contributed by atoms with E-state index in [4.69, 9.17) is 0 Å². The maximum Gasteiger partial charge on any atom is 0.318 e. The Morgan fingerprint density at radius 2 is 2.07 bits per heavy atom. The second-order valence-corrected chi connectivity index (χ2v) is 10.8. The normalized spacial score (nSPS) is 18.0. The molecule has 4 nitrogen and oxygen atoms in total. The van der Waals surface area contributed by atoms with E-state index in [-0.39, 0.29) is 12.1 Å². The van der Waals surface area contributed by atoms with Crippen molar-refractivity contribution in [2.45, 2.75) is 58.5 Å². The number of nitrogens with one attached hydrogen (secondary N) is 1. The SMILES string of the molecule is CC(C)CCNC(=O)N1Cc2c(sc3c2CCCC3)-n2cccc2[C@@H]1c1cccs1. The topological polar surface area (TPSA) is 37.3 Å². The van der Waals surface area contributed by atoms with Crippen molar-refractivity contribution in [3.63, 3.8) is 0 Å². The third-order valence-corrected chi connectivity index (χ3v) is 8.51. The fourth-order valence-electron chi connectivity index (χ4n) is 4.70. The van der Waals surface area contributed by atoms with Crippen molar-refractivity contribution in [3.8, 4) is 5.00 Å². The number of thiophene rings is 2. The first-order valence-electron chi connectivity index (χ1n) is 11.0. The number of carbonyl (C=O) groups is 1. The van der Waals surface area contributed by atoms with Crippen LogP contribution < -0.4 is 5.32 Å². The molecule has 1 aliphatic carbocycles. The zero-order chi connectivity index (χ0) is 20.7. The molecule has 4 heterocycles. The monoisotopic (exact) mass is 439 g/mol. The first-order chi connectivity index (χ1) is 14.6. The molecule has 0 unspecified atom stereocenters. The molecule has 3 aromatic rings. The van der Waals surface area contributed by atoms with Gasteiger partial charge in [-0.3, -0.25) is 0 Å². The summed E-state index contributed by atoms with van der Waals surface area (Å²) in [5.41, 5.74) is 4.06. The molecule has 0 radical (unpaired) electrons. The molecule has 0 fully saturated rings. The van der Waals surface area contributed by atoms with Crippen molar-refractivity contribution < 1.29 is 4.79 Å². The molecule has 3 aromatic heterocycles. The third kappa shape index (κ3) is 3.50. The van der Waals surface area contributed by atoms with Crippen molar-refractivity contribution in [3.05, 3.63) is 62.4 Å². The van der Waals surface area contributed by atoms with Gasteiger partial charge < -0.3 is 14.8 Å². The number of urea groups is 1. The van der Waals surface area contributed by atoms with Crippen LogP contribution in [0.1, 0.15) is 65.7 Å². The van der Waals surface area contributed by atoms with Crippen molar-refractivity contribution >= 4 is 28.7 Å². The van der Waals surface area contributed by atoms with E-state index in [0.717, 1.165) is 19.4 Å². The lowest BCUT2D eigenvalue weighted by atomic mass is 9.95. The van der Waals surface area contributed by atoms with Gasteiger partial charge in [-0.1, -0.05) is 19.9 Å². The number of hydrogen-bond donors (Lipinski definition) is 1. The van der Waals surface area contributed by atoms with Crippen molar-refractivity contribution in [2.24, 2.45) is 5.92 Å². The lowest BCUT2D eigenvalue weighted by molar-refractivity contribution is 0.181. The summed E-state index contributed by atoms with van der Waals surface area (Å²) in [6.45, 7) is 5.80. The summed E-state index contributed by atoms with van der Waals surface area (Å²) in [7, 11) is 0. The Bertz CT molecular complexity index is 1030. The van der Waals surface area contributed by atoms with Crippen LogP contribution >= 0.6 is 22.7 Å². The average Bonchev–Trinajstić information content (AvgIpc) is 3.46. The number of carbonyl (C=O) groups excluding carboxylic acids is 1.